The lowest BCUT2D eigenvalue weighted by molar-refractivity contribution is -0.144. The molecule has 184 valence electrons. The van der Waals surface area contributed by atoms with Gasteiger partial charge in [-0.2, -0.15) is 5.26 Å². The summed E-state index contributed by atoms with van der Waals surface area (Å²) in [5.74, 6) is 2.36. The highest BCUT2D eigenvalue weighted by Gasteiger charge is 2.52. The summed E-state index contributed by atoms with van der Waals surface area (Å²) in [6.45, 7) is 8.69. The fourth-order valence-corrected chi connectivity index (χ4v) is 5.71. The minimum atomic E-state index is -1.02. The highest BCUT2D eigenvalue weighted by Crippen LogP contribution is 2.56. The van der Waals surface area contributed by atoms with Crippen LogP contribution < -0.4 is 9.80 Å². The lowest BCUT2D eigenvalue weighted by Crippen LogP contribution is -2.61. The average molecular weight is 478 g/mol. The molecule has 0 bridgehead atoms. The fourth-order valence-electron chi connectivity index (χ4n) is 5.71. The van der Waals surface area contributed by atoms with Gasteiger partial charge in [0.1, 0.15) is 30.5 Å². The number of nitriles is 1. The number of alkyl halides is 1. The maximum absolute atomic E-state index is 13.5. The summed E-state index contributed by atoms with van der Waals surface area (Å²) >= 11 is 0. The second-order valence-corrected chi connectivity index (χ2v) is 11.0. The van der Waals surface area contributed by atoms with E-state index in [1.807, 2.05) is 17.9 Å². The molecule has 1 saturated heterocycles. The van der Waals surface area contributed by atoms with Gasteiger partial charge in [0.15, 0.2) is 0 Å². The Morgan fingerprint density at radius 2 is 1.94 bits per heavy atom. The van der Waals surface area contributed by atoms with Crippen molar-refractivity contribution in [3.63, 3.8) is 0 Å². The van der Waals surface area contributed by atoms with Crippen LogP contribution in [0, 0.1) is 16.7 Å². The first kappa shape index (κ1) is 23.5. The van der Waals surface area contributed by atoms with Crippen LogP contribution >= 0.6 is 0 Å². The summed E-state index contributed by atoms with van der Waals surface area (Å²) in [5.41, 5.74) is 0.661. The van der Waals surface area contributed by atoms with Crippen molar-refractivity contribution in [3.05, 3.63) is 35.8 Å². The number of carbonyl (C=O) groups excluding carboxylic acids is 1. The molecule has 1 spiro atoms. The van der Waals surface area contributed by atoms with E-state index in [0.717, 1.165) is 48.8 Å². The molecule has 0 N–H and O–H groups in total. The molecule has 8 nitrogen and oxygen atoms in total. The zero-order valence-electron chi connectivity index (χ0n) is 20.8. The predicted octanol–water partition coefficient (Wildman–Crippen LogP) is 3.74. The molecule has 9 heteroatoms. The molecule has 2 aliphatic heterocycles. The van der Waals surface area contributed by atoms with E-state index < -0.39 is 12.1 Å². The monoisotopic (exact) mass is 477 g/mol. The molecule has 5 rings (SSSR count). The molecular formula is C26H32FN7O. The second kappa shape index (κ2) is 8.43. The van der Waals surface area contributed by atoms with Gasteiger partial charge in [-0.15, -0.1) is 0 Å². The standard InChI is InChI=1S/C26H32FN7O/c1-17-13-33(24(35)25(3,4)14-27)18(2)12-32(17)22-21-23(31-16-30-22)34(15-26(21)7-5-8-26)20-10-19(11-28)6-9-29-20/h6,9-10,16-18H,5,7-8,12-15H2,1-4H3. The van der Waals surface area contributed by atoms with Crippen LogP contribution in [0.25, 0.3) is 0 Å². The van der Waals surface area contributed by atoms with Crippen LogP contribution in [0.15, 0.2) is 24.7 Å². The van der Waals surface area contributed by atoms with Gasteiger partial charge in [0.05, 0.1) is 17.0 Å². The molecule has 3 aliphatic rings. The number of hydrogen-bond donors (Lipinski definition) is 0. The van der Waals surface area contributed by atoms with Gasteiger partial charge >= 0.3 is 0 Å². The molecule has 2 aromatic rings. The molecule has 2 unspecified atom stereocenters. The van der Waals surface area contributed by atoms with Crippen LogP contribution in [-0.2, 0) is 10.2 Å². The maximum atomic E-state index is 13.5. The van der Waals surface area contributed by atoms with Gasteiger partial charge < -0.3 is 14.7 Å². The number of fused-ring (bicyclic) bond motifs is 2. The van der Waals surface area contributed by atoms with E-state index in [9.17, 15) is 14.4 Å². The fraction of sp³-hybridized carbons (Fsp3) is 0.577. The Kier molecular flexibility index (Phi) is 5.65. The number of carbonyl (C=O) groups is 1. The lowest BCUT2D eigenvalue weighted by atomic mass is 9.66. The lowest BCUT2D eigenvalue weighted by Gasteiger charge is -2.48. The summed E-state index contributed by atoms with van der Waals surface area (Å²) in [6.07, 6.45) is 6.54. The largest absolute Gasteiger partial charge is 0.350 e. The first-order valence-electron chi connectivity index (χ1n) is 12.3. The van der Waals surface area contributed by atoms with Gasteiger partial charge in [-0.1, -0.05) is 6.42 Å². The number of rotatable bonds is 4. The zero-order valence-corrected chi connectivity index (χ0v) is 20.8. The highest BCUT2D eigenvalue weighted by molar-refractivity contribution is 5.83. The Morgan fingerprint density at radius 1 is 1.20 bits per heavy atom. The number of halogens is 1. The van der Waals surface area contributed by atoms with Crippen molar-refractivity contribution >= 4 is 23.4 Å². The van der Waals surface area contributed by atoms with Crippen molar-refractivity contribution in [2.45, 2.75) is 64.5 Å². The molecule has 0 aromatic carbocycles. The van der Waals surface area contributed by atoms with Crippen molar-refractivity contribution in [1.82, 2.24) is 19.9 Å². The average Bonchev–Trinajstić information content (AvgIpc) is 3.21. The number of amides is 1. The topological polar surface area (TPSA) is 89.2 Å². The number of hydrogen-bond acceptors (Lipinski definition) is 7. The summed E-state index contributed by atoms with van der Waals surface area (Å²) in [5, 5.41) is 9.38. The Bertz CT molecular complexity index is 1190. The number of pyridine rings is 1. The van der Waals surface area contributed by atoms with E-state index in [-0.39, 0.29) is 23.4 Å². The van der Waals surface area contributed by atoms with Crippen LogP contribution in [-0.4, -0.2) is 64.2 Å². The molecule has 2 atom stereocenters. The van der Waals surface area contributed by atoms with Crippen molar-refractivity contribution in [1.29, 1.82) is 5.26 Å². The van der Waals surface area contributed by atoms with E-state index in [4.69, 9.17) is 9.97 Å². The molecule has 2 aromatic heterocycles. The number of aromatic nitrogens is 3. The molecule has 4 heterocycles. The van der Waals surface area contributed by atoms with Crippen molar-refractivity contribution in [2.75, 3.05) is 36.1 Å². The smallest absolute Gasteiger partial charge is 0.231 e. The van der Waals surface area contributed by atoms with Crippen molar-refractivity contribution in [2.24, 2.45) is 5.41 Å². The summed E-state index contributed by atoms with van der Waals surface area (Å²) < 4.78 is 13.5. The van der Waals surface area contributed by atoms with Crippen molar-refractivity contribution < 1.29 is 9.18 Å². The van der Waals surface area contributed by atoms with Gasteiger partial charge in [0.2, 0.25) is 5.91 Å². The Morgan fingerprint density at radius 3 is 2.60 bits per heavy atom. The van der Waals surface area contributed by atoms with E-state index in [1.54, 1.807) is 32.4 Å². The summed E-state index contributed by atoms with van der Waals surface area (Å²) in [6, 6.07) is 5.67. The molecular weight excluding hydrogens is 445 g/mol. The number of anilines is 3. The molecule has 1 aliphatic carbocycles. The molecule has 2 fully saturated rings. The second-order valence-electron chi connectivity index (χ2n) is 11.0. The van der Waals surface area contributed by atoms with Crippen LogP contribution in [0.3, 0.4) is 0 Å². The van der Waals surface area contributed by atoms with E-state index in [0.29, 0.717) is 18.7 Å². The third kappa shape index (κ3) is 3.70. The predicted molar refractivity (Wildman–Crippen MR) is 131 cm³/mol. The first-order chi connectivity index (χ1) is 16.7. The third-order valence-corrected chi connectivity index (χ3v) is 7.95. The van der Waals surface area contributed by atoms with Crippen LogP contribution in [0.2, 0.25) is 0 Å². The number of piperazine rings is 1. The minimum absolute atomic E-state index is 0.0239. The third-order valence-electron chi connectivity index (χ3n) is 7.95. The molecule has 1 amide bonds. The maximum Gasteiger partial charge on any atom is 0.231 e. The van der Waals surface area contributed by atoms with Gasteiger partial charge in [-0.25, -0.2) is 19.3 Å². The Balaban J connectivity index is 1.51. The van der Waals surface area contributed by atoms with E-state index in [2.05, 4.69) is 27.8 Å². The van der Waals surface area contributed by atoms with Gasteiger partial charge in [-0.3, -0.25) is 4.79 Å². The summed E-state index contributed by atoms with van der Waals surface area (Å²) in [4.78, 5) is 33.3. The first-order valence-corrected chi connectivity index (χ1v) is 12.3. The number of nitrogens with zero attached hydrogens (tertiary/aromatic N) is 7. The Hall–Kier alpha value is -3.28. The minimum Gasteiger partial charge on any atom is -0.350 e. The molecule has 35 heavy (non-hydrogen) atoms. The van der Waals surface area contributed by atoms with Crippen LogP contribution in [0.1, 0.15) is 58.1 Å². The molecule has 1 saturated carbocycles. The van der Waals surface area contributed by atoms with Crippen LogP contribution in [0.4, 0.5) is 21.8 Å². The quantitative estimate of drug-likeness (QED) is 0.663. The van der Waals surface area contributed by atoms with E-state index >= 15 is 0 Å². The highest BCUT2D eigenvalue weighted by atomic mass is 19.1. The molecule has 0 radical (unpaired) electrons. The van der Waals surface area contributed by atoms with Gasteiger partial charge in [-0.05, 0) is 52.7 Å². The van der Waals surface area contributed by atoms with Gasteiger partial charge in [0.25, 0.3) is 0 Å². The zero-order chi connectivity index (χ0) is 25.0. The summed E-state index contributed by atoms with van der Waals surface area (Å²) in [7, 11) is 0. The Labute approximate surface area is 205 Å². The SMILES string of the molecule is CC1CN(c2ncnc3c2C2(CCC2)CN3c2cc(C#N)ccn2)C(C)CN1C(=O)C(C)(C)CF. The van der Waals surface area contributed by atoms with Gasteiger partial charge in [0, 0.05) is 48.9 Å². The van der Waals surface area contributed by atoms with E-state index in [1.165, 1.54) is 0 Å². The van der Waals surface area contributed by atoms with Crippen LogP contribution in [0.5, 0.6) is 0 Å². The normalized spacial score (nSPS) is 23.1. The van der Waals surface area contributed by atoms with Crippen molar-refractivity contribution in [3.8, 4) is 6.07 Å².